The molecule has 3 saturated heterocycles. The van der Waals surface area contributed by atoms with E-state index in [0.29, 0.717) is 6.42 Å². The molecule has 0 bridgehead atoms. The predicted octanol–water partition coefficient (Wildman–Crippen LogP) is -6.03. The summed E-state index contributed by atoms with van der Waals surface area (Å²) in [7, 11) is 0. The van der Waals surface area contributed by atoms with Crippen molar-refractivity contribution in [1.29, 1.82) is 0 Å². The monoisotopic (exact) mass is 586 g/mol. The summed E-state index contributed by atoms with van der Waals surface area (Å²) in [5.74, 6) is -0.618. The van der Waals surface area contributed by atoms with Crippen LogP contribution >= 0.6 is 0 Å². The maximum atomic E-state index is 11.9. The number of carbonyl (C=O) groups is 1. The molecule has 0 radical (unpaired) electrons. The van der Waals surface area contributed by atoms with Crippen molar-refractivity contribution in [3.05, 3.63) is 0 Å². The van der Waals surface area contributed by atoms with Gasteiger partial charge in [-0.2, -0.15) is 0 Å². The number of aliphatic hydroxyl groups excluding tert-OH is 8. The van der Waals surface area contributed by atoms with Gasteiger partial charge < -0.3 is 80.3 Å². The van der Waals surface area contributed by atoms with E-state index in [-0.39, 0.29) is 13.2 Å². The first-order valence-corrected chi connectivity index (χ1v) is 13.1. The third-order valence-electron chi connectivity index (χ3n) is 7.07. The number of ether oxygens (including phenoxy) is 6. The quantitative estimate of drug-likeness (QED) is 0.101. The maximum Gasteiger partial charge on any atom is 0.217 e. The summed E-state index contributed by atoms with van der Waals surface area (Å²) in [6.45, 7) is 1.45. The average molecular weight is 587 g/mol. The average Bonchev–Trinajstić information content (AvgIpc) is 2.92. The van der Waals surface area contributed by atoms with Crippen molar-refractivity contribution in [1.82, 2.24) is 5.32 Å². The summed E-state index contributed by atoms with van der Waals surface area (Å²) in [6.07, 6.45) is -20.5. The van der Waals surface area contributed by atoms with Crippen LogP contribution < -0.4 is 11.1 Å². The Morgan fingerprint density at radius 1 is 0.775 bits per heavy atom. The van der Waals surface area contributed by atoms with Gasteiger partial charge in [-0.3, -0.25) is 4.79 Å². The first-order chi connectivity index (χ1) is 18.9. The third kappa shape index (κ3) is 7.44. The molecule has 17 nitrogen and oxygen atoms in total. The molecule has 3 heterocycles. The lowest BCUT2D eigenvalue weighted by molar-refractivity contribution is -0.385. The molecule has 0 aliphatic carbocycles. The second kappa shape index (κ2) is 14.9. The van der Waals surface area contributed by atoms with E-state index in [9.17, 15) is 45.6 Å². The molecule has 0 aromatic carbocycles. The molecule has 0 saturated carbocycles. The number of hydrogen-bond acceptors (Lipinski definition) is 16. The minimum atomic E-state index is -1.75. The van der Waals surface area contributed by atoms with Crippen LogP contribution in [0.1, 0.15) is 20.3 Å². The zero-order valence-electron chi connectivity index (χ0n) is 22.2. The summed E-state index contributed by atoms with van der Waals surface area (Å²) in [5, 5.41) is 84.9. The molecule has 40 heavy (non-hydrogen) atoms. The van der Waals surface area contributed by atoms with Crippen LogP contribution in [0.25, 0.3) is 0 Å². The van der Waals surface area contributed by atoms with Gasteiger partial charge in [0.1, 0.15) is 67.1 Å². The fourth-order valence-corrected chi connectivity index (χ4v) is 4.78. The lowest BCUT2D eigenvalue weighted by atomic mass is 9.95. The van der Waals surface area contributed by atoms with E-state index in [1.165, 1.54) is 6.92 Å². The fraction of sp³-hybridized carbons (Fsp3) is 0.957. The van der Waals surface area contributed by atoms with Crippen molar-refractivity contribution in [3.8, 4) is 0 Å². The molecule has 3 fully saturated rings. The van der Waals surface area contributed by atoms with E-state index in [1.807, 2.05) is 0 Å². The molecule has 0 spiro atoms. The number of rotatable bonds is 11. The summed E-state index contributed by atoms with van der Waals surface area (Å²) < 4.78 is 34.5. The van der Waals surface area contributed by atoms with Gasteiger partial charge >= 0.3 is 0 Å². The topological polar surface area (TPSA) is 272 Å². The standard InChI is InChI=1S/C23H42N2O15/c1-8-13(29)17(33)18(34)22(36-8)40-20-19(15(31)11(7-27)38-23(20)35-5-3-4-24)39-21-12(25-9(2)28)16(32)14(30)10(6-26)37-21/h8,10-23,26-27,29-34H,3-7,24H2,1-2H3,(H,25,28)/t8?,10?,11?,12?,13-,14+,15-,16+,17-,18?,19-,20?,21+,22-,23+/m0/s1. The van der Waals surface area contributed by atoms with Crippen LogP contribution in [-0.2, 0) is 33.2 Å². The molecule has 3 rings (SSSR count). The molecule has 11 N–H and O–H groups in total. The van der Waals surface area contributed by atoms with Crippen molar-refractivity contribution in [3.63, 3.8) is 0 Å². The molecule has 1 amide bonds. The van der Waals surface area contributed by atoms with Gasteiger partial charge in [0, 0.05) is 6.92 Å². The summed E-state index contributed by atoms with van der Waals surface area (Å²) in [4.78, 5) is 11.9. The fourth-order valence-electron chi connectivity index (χ4n) is 4.78. The zero-order chi connectivity index (χ0) is 29.7. The highest BCUT2D eigenvalue weighted by atomic mass is 16.8. The van der Waals surface area contributed by atoms with Gasteiger partial charge in [0.2, 0.25) is 5.91 Å². The van der Waals surface area contributed by atoms with Crippen molar-refractivity contribution >= 4 is 5.91 Å². The Balaban J connectivity index is 1.95. The number of aliphatic hydroxyl groups is 8. The Kier molecular flexibility index (Phi) is 12.4. The van der Waals surface area contributed by atoms with E-state index < -0.39 is 111 Å². The summed E-state index contributed by atoms with van der Waals surface area (Å²) in [6, 6.07) is -1.39. The Bertz CT molecular complexity index is 797. The highest BCUT2D eigenvalue weighted by molar-refractivity contribution is 5.73. The van der Waals surface area contributed by atoms with Gasteiger partial charge in [-0.05, 0) is 19.9 Å². The minimum absolute atomic E-state index is 0.0414. The normalized spacial score (nSPS) is 46.2. The van der Waals surface area contributed by atoms with Crippen LogP contribution in [0.4, 0.5) is 0 Å². The molecule has 3 aliphatic heterocycles. The van der Waals surface area contributed by atoms with Crippen LogP contribution in [0.3, 0.4) is 0 Å². The van der Waals surface area contributed by atoms with E-state index in [2.05, 4.69) is 5.32 Å². The van der Waals surface area contributed by atoms with Crippen LogP contribution in [-0.4, -0.2) is 165 Å². The second-order valence-corrected chi connectivity index (χ2v) is 10.0. The number of amides is 1. The van der Waals surface area contributed by atoms with Crippen molar-refractivity contribution < 1.29 is 74.1 Å². The third-order valence-corrected chi connectivity index (χ3v) is 7.07. The van der Waals surface area contributed by atoms with Gasteiger partial charge in [-0.25, -0.2) is 0 Å². The van der Waals surface area contributed by atoms with Gasteiger partial charge in [-0.1, -0.05) is 0 Å². The minimum Gasteiger partial charge on any atom is -0.394 e. The molecule has 17 heteroatoms. The van der Waals surface area contributed by atoms with Crippen molar-refractivity contribution in [2.75, 3.05) is 26.4 Å². The van der Waals surface area contributed by atoms with Crippen molar-refractivity contribution in [2.45, 2.75) is 112 Å². The Morgan fingerprint density at radius 3 is 1.98 bits per heavy atom. The molecule has 15 atom stereocenters. The summed E-state index contributed by atoms with van der Waals surface area (Å²) >= 11 is 0. The highest BCUT2D eigenvalue weighted by Crippen LogP contribution is 2.33. The largest absolute Gasteiger partial charge is 0.394 e. The molecular weight excluding hydrogens is 544 g/mol. The van der Waals surface area contributed by atoms with Crippen LogP contribution in [0.2, 0.25) is 0 Å². The molecule has 6 unspecified atom stereocenters. The highest BCUT2D eigenvalue weighted by Gasteiger charge is 2.54. The van der Waals surface area contributed by atoms with Gasteiger partial charge in [0.25, 0.3) is 0 Å². The smallest absolute Gasteiger partial charge is 0.217 e. The zero-order valence-corrected chi connectivity index (χ0v) is 22.2. The van der Waals surface area contributed by atoms with Gasteiger partial charge in [-0.15, -0.1) is 0 Å². The molecule has 3 aliphatic rings. The lowest BCUT2D eigenvalue weighted by Gasteiger charge is -2.49. The van der Waals surface area contributed by atoms with Crippen LogP contribution in [0.5, 0.6) is 0 Å². The van der Waals surface area contributed by atoms with Gasteiger partial charge in [0.15, 0.2) is 18.9 Å². The molecule has 0 aromatic heterocycles. The summed E-state index contributed by atoms with van der Waals surface area (Å²) in [5.41, 5.74) is 5.54. The number of carbonyl (C=O) groups excluding carboxylic acids is 1. The lowest BCUT2D eigenvalue weighted by Crippen LogP contribution is -2.68. The van der Waals surface area contributed by atoms with E-state index in [1.54, 1.807) is 0 Å². The number of hydrogen-bond donors (Lipinski definition) is 10. The van der Waals surface area contributed by atoms with E-state index >= 15 is 0 Å². The predicted molar refractivity (Wildman–Crippen MR) is 129 cm³/mol. The van der Waals surface area contributed by atoms with Crippen LogP contribution in [0, 0.1) is 0 Å². The molecule has 234 valence electrons. The molecule has 0 aromatic rings. The Labute approximate surface area is 230 Å². The number of nitrogens with one attached hydrogen (secondary N) is 1. The van der Waals surface area contributed by atoms with E-state index in [0.717, 1.165) is 6.92 Å². The second-order valence-electron chi connectivity index (χ2n) is 10.0. The van der Waals surface area contributed by atoms with Crippen LogP contribution in [0.15, 0.2) is 0 Å². The molecular formula is C23H42N2O15. The van der Waals surface area contributed by atoms with Gasteiger partial charge in [0.05, 0.1) is 25.9 Å². The van der Waals surface area contributed by atoms with Crippen molar-refractivity contribution in [2.24, 2.45) is 5.73 Å². The SMILES string of the molecule is CC(=O)NC1[C@@H](O[C@@H]2C(O[C@@H]3OC(C)[C@H](O)[C@H](O)C3O)[C@H](OCCCN)OC(CO)[C@@H]2O)OC(CO)[C@@H](O)[C@@H]1O. The van der Waals surface area contributed by atoms with E-state index in [4.69, 9.17) is 34.2 Å². The first-order valence-electron chi connectivity index (χ1n) is 13.1. The number of nitrogens with two attached hydrogens (primary N) is 1. The Hall–Kier alpha value is -1.13. The first kappa shape index (κ1) is 33.4. The maximum absolute atomic E-state index is 11.9. The Morgan fingerprint density at radius 2 is 1.38 bits per heavy atom.